The summed E-state index contributed by atoms with van der Waals surface area (Å²) in [6.07, 6.45) is 3.36. The van der Waals surface area contributed by atoms with Crippen molar-refractivity contribution in [2.75, 3.05) is 23.4 Å². The topological polar surface area (TPSA) is 112 Å². The van der Waals surface area contributed by atoms with E-state index in [0.717, 1.165) is 33.7 Å². The van der Waals surface area contributed by atoms with Crippen molar-refractivity contribution >= 4 is 40.5 Å². The number of para-hydroxylation sites is 1. The van der Waals surface area contributed by atoms with Gasteiger partial charge in [0.2, 0.25) is 11.8 Å². The molecule has 2 fully saturated rings. The molecule has 0 bridgehead atoms. The van der Waals surface area contributed by atoms with E-state index >= 15 is 0 Å². The minimum atomic E-state index is -0.521. The van der Waals surface area contributed by atoms with Crippen LogP contribution in [0.1, 0.15) is 36.3 Å². The van der Waals surface area contributed by atoms with Gasteiger partial charge in [-0.3, -0.25) is 14.5 Å². The molecule has 7 rings (SSSR count). The first kappa shape index (κ1) is 29.9. The Morgan fingerprint density at radius 1 is 0.826 bits per heavy atom. The zero-order valence-electron chi connectivity index (χ0n) is 25.3. The van der Waals surface area contributed by atoms with Crippen LogP contribution in [0.25, 0.3) is 11.6 Å². The smallest absolute Gasteiger partial charge is 0.238 e. The molecule has 0 unspecified atom stereocenters. The normalized spacial score (nSPS) is 22.7. The van der Waals surface area contributed by atoms with Crippen molar-refractivity contribution in [3.63, 3.8) is 0 Å². The van der Waals surface area contributed by atoms with E-state index in [0.29, 0.717) is 43.1 Å². The first-order valence-electron chi connectivity index (χ1n) is 15.7. The molecule has 2 saturated heterocycles. The van der Waals surface area contributed by atoms with Crippen LogP contribution in [-0.2, 0) is 20.9 Å². The Morgan fingerprint density at radius 2 is 1.54 bits per heavy atom. The van der Waals surface area contributed by atoms with Gasteiger partial charge in [-0.1, -0.05) is 48.5 Å². The van der Waals surface area contributed by atoms with Crippen LogP contribution in [0.4, 0.5) is 17.1 Å². The second kappa shape index (κ2) is 12.9. The summed E-state index contributed by atoms with van der Waals surface area (Å²) in [6, 6.07) is 30.8. The summed E-state index contributed by atoms with van der Waals surface area (Å²) >= 11 is 0. The predicted octanol–water partition coefficient (Wildman–Crippen LogP) is 6.35. The zero-order chi connectivity index (χ0) is 31.6. The number of rotatable bonds is 10. The molecular weight excluding hydrogens is 580 g/mol. The number of carbonyl (C=O) groups is 2. The number of hydrogen-bond acceptors (Lipinski definition) is 7. The second-order valence-corrected chi connectivity index (χ2v) is 12.1. The Kier molecular flexibility index (Phi) is 8.41. The molecule has 8 nitrogen and oxygen atoms in total. The standard InChI is InChI=1S/C38H36N2O6/c41-21-26-20-32-36(38(44)40(37(32)43)29-14-12-28(13-15-29)39-27-9-5-2-6-10-27)33-23-45-34(35(26)33)18-11-25(24-7-3-1-4-8-24)19-30-16-17-31(22-42)46-30/h1-10,12-17,19,32-34,36,39,41-42H,11,18,20-23H2/b25-19-/t32-,33+,34-,36-/m1/s1. The number of aliphatic hydroxyl groups excluding tert-OH is 2. The number of ether oxygens (including phenoxy) is 1. The molecule has 2 amide bonds. The quantitative estimate of drug-likeness (QED) is 0.141. The van der Waals surface area contributed by atoms with E-state index in [1.165, 1.54) is 4.90 Å². The fourth-order valence-electron chi connectivity index (χ4n) is 7.22. The van der Waals surface area contributed by atoms with Gasteiger partial charge in [0.15, 0.2) is 0 Å². The van der Waals surface area contributed by atoms with E-state index in [-0.39, 0.29) is 37.0 Å². The zero-order valence-corrected chi connectivity index (χ0v) is 25.3. The van der Waals surface area contributed by atoms with Crippen LogP contribution in [0.2, 0.25) is 0 Å². The molecule has 46 heavy (non-hydrogen) atoms. The second-order valence-electron chi connectivity index (χ2n) is 12.1. The van der Waals surface area contributed by atoms with Gasteiger partial charge in [0.1, 0.15) is 18.1 Å². The minimum Gasteiger partial charge on any atom is -0.459 e. The van der Waals surface area contributed by atoms with Crippen LogP contribution < -0.4 is 10.2 Å². The molecule has 8 heteroatoms. The van der Waals surface area contributed by atoms with Gasteiger partial charge in [0, 0.05) is 17.3 Å². The SMILES string of the molecule is O=C1[C@@H]2[C@@H](CC(CO)=C3[C@@H](CC/C(=C/c4ccc(CO)o4)c4ccccc4)OC[C@@H]32)C(=O)N1c1ccc(Nc2ccccc2)cc1. The van der Waals surface area contributed by atoms with Crippen molar-refractivity contribution in [1.82, 2.24) is 0 Å². The molecule has 0 saturated carbocycles. The fraction of sp³-hybridized carbons (Fsp3) is 0.263. The van der Waals surface area contributed by atoms with Gasteiger partial charge in [-0.2, -0.15) is 0 Å². The van der Waals surface area contributed by atoms with Crippen LogP contribution >= 0.6 is 0 Å². The molecule has 1 aromatic heterocycles. The van der Waals surface area contributed by atoms with Gasteiger partial charge in [0.25, 0.3) is 0 Å². The summed E-state index contributed by atoms with van der Waals surface area (Å²) in [4.78, 5) is 29.0. The number of anilines is 3. The molecule has 234 valence electrons. The van der Waals surface area contributed by atoms with Crippen LogP contribution in [-0.4, -0.2) is 41.3 Å². The summed E-state index contributed by atoms with van der Waals surface area (Å²) in [7, 11) is 0. The average Bonchev–Trinajstić information content (AvgIpc) is 3.80. The molecule has 0 spiro atoms. The number of aliphatic hydroxyl groups is 2. The van der Waals surface area contributed by atoms with Crippen molar-refractivity contribution in [2.24, 2.45) is 17.8 Å². The number of furan rings is 1. The number of carbonyl (C=O) groups excluding carboxylic acids is 2. The minimum absolute atomic E-state index is 0.165. The highest BCUT2D eigenvalue weighted by atomic mass is 16.5. The Hall–Kier alpha value is -4.76. The molecule has 2 aliphatic heterocycles. The average molecular weight is 617 g/mol. The van der Waals surface area contributed by atoms with Gasteiger partial charge in [-0.25, -0.2) is 0 Å². The van der Waals surface area contributed by atoms with Crippen molar-refractivity contribution in [2.45, 2.75) is 32.0 Å². The number of hydrogen-bond donors (Lipinski definition) is 3. The molecule has 3 aliphatic rings. The fourth-order valence-corrected chi connectivity index (χ4v) is 7.22. The molecule has 3 aromatic carbocycles. The maximum absolute atomic E-state index is 14.0. The lowest BCUT2D eigenvalue weighted by Crippen LogP contribution is -2.35. The summed E-state index contributed by atoms with van der Waals surface area (Å²) in [5.74, 6) is -0.566. The van der Waals surface area contributed by atoms with E-state index in [1.807, 2.05) is 84.9 Å². The van der Waals surface area contributed by atoms with Crippen LogP contribution in [0.15, 0.2) is 113 Å². The van der Waals surface area contributed by atoms with Crippen LogP contribution in [0, 0.1) is 17.8 Å². The number of nitrogens with one attached hydrogen (secondary N) is 1. The van der Waals surface area contributed by atoms with Crippen molar-refractivity contribution in [1.29, 1.82) is 0 Å². The highest BCUT2D eigenvalue weighted by Crippen LogP contribution is 2.50. The van der Waals surface area contributed by atoms with Gasteiger partial charge >= 0.3 is 0 Å². The number of amides is 2. The monoisotopic (exact) mass is 616 g/mol. The van der Waals surface area contributed by atoms with Crippen LogP contribution in [0.5, 0.6) is 0 Å². The highest BCUT2D eigenvalue weighted by molar-refractivity contribution is 6.22. The molecule has 3 heterocycles. The maximum Gasteiger partial charge on any atom is 0.238 e. The summed E-state index contributed by atoms with van der Waals surface area (Å²) in [6.45, 7) is -0.00463. The summed E-state index contributed by atoms with van der Waals surface area (Å²) < 4.78 is 12.1. The number of allylic oxidation sites excluding steroid dienone is 1. The van der Waals surface area contributed by atoms with Gasteiger partial charge in [0.05, 0.1) is 36.8 Å². The number of benzene rings is 3. The molecule has 3 N–H and O–H groups in total. The summed E-state index contributed by atoms with van der Waals surface area (Å²) in [5.41, 5.74) is 6.24. The van der Waals surface area contributed by atoms with Crippen molar-refractivity contribution in [3.05, 3.63) is 125 Å². The molecule has 4 aromatic rings. The van der Waals surface area contributed by atoms with E-state index in [1.54, 1.807) is 18.2 Å². The first-order valence-corrected chi connectivity index (χ1v) is 15.7. The Labute approximate surface area is 267 Å². The third kappa shape index (κ3) is 5.71. The van der Waals surface area contributed by atoms with E-state index in [9.17, 15) is 19.8 Å². The lowest BCUT2D eigenvalue weighted by atomic mass is 9.69. The highest BCUT2D eigenvalue weighted by Gasteiger charge is 2.57. The largest absolute Gasteiger partial charge is 0.459 e. The number of nitrogens with zero attached hydrogens (tertiary/aromatic N) is 1. The molecule has 0 radical (unpaired) electrons. The summed E-state index contributed by atoms with van der Waals surface area (Å²) in [5, 5.41) is 23.2. The molecule has 4 atom stereocenters. The third-order valence-electron chi connectivity index (χ3n) is 9.36. The Morgan fingerprint density at radius 3 is 2.24 bits per heavy atom. The van der Waals surface area contributed by atoms with Gasteiger partial charge < -0.3 is 24.7 Å². The van der Waals surface area contributed by atoms with Crippen LogP contribution in [0.3, 0.4) is 0 Å². The van der Waals surface area contributed by atoms with E-state index < -0.39 is 11.8 Å². The van der Waals surface area contributed by atoms with Gasteiger partial charge in [-0.05, 0) is 96.2 Å². The van der Waals surface area contributed by atoms with Crippen molar-refractivity contribution in [3.8, 4) is 0 Å². The Balaban J connectivity index is 1.10. The van der Waals surface area contributed by atoms with E-state index in [4.69, 9.17) is 9.15 Å². The lowest BCUT2D eigenvalue weighted by molar-refractivity contribution is -0.122. The number of fused-ring (bicyclic) bond motifs is 3. The molecule has 1 aliphatic carbocycles. The molecular formula is C38H36N2O6. The number of imide groups is 1. The lowest BCUT2D eigenvalue weighted by Gasteiger charge is -2.31. The van der Waals surface area contributed by atoms with E-state index in [2.05, 4.69) is 5.32 Å². The van der Waals surface area contributed by atoms with Crippen molar-refractivity contribution < 1.29 is 29.0 Å². The Bertz CT molecular complexity index is 1780. The van der Waals surface area contributed by atoms with Gasteiger partial charge in [-0.15, -0.1) is 0 Å². The third-order valence-corrected chi connectivity index (χ3v) is 9.36. The first-order chi connectivity index (χ1) is 22.5. The predicted molar refractivity (Wildman–Crippen MR) is 176 cm³/mol. The maximum atomic E-state index is 14.0.